The summed E-state index contributed by atoms with van der Waals surface area (Å²) in [5, 5.41) is 5.89. The van der Waals surface area contributed by atoms with Gasteiger partial charge in [0.25, 0.3) is 5.91 Å². The van der Waals surface area contributed by atoms with Crippen LogP contribution in [0.25, 0.3) is 0 Å². The van der Waals surface area contributed by atoms with Gasteiger partial charge in [0.2, 0.25) is 0 Å². The standard InChI is InChI=1S/C13H20N2O3/c1-9(14-2)8-15-13(16)12-10(17-3)6-5-7-11(12)18-4/h5-7,9,14H,8H2,1-4H3,(H,15,16). The van der Waals surface area contributed by atoms with E-state index in [2.05, 4.69) is 10.6 Å². The Bertz CT molecular complexity index is 385. The Hall–Kier alpha value is -1.75. The minimum atomic E-state index is -0.202. The first-order valence-corrected chi connectivity index (χ1v) is 5.80. The average Bonchev–Trinajstić information content (AvgIpc) is 2.43. The van der Waals surface area contributed by atoms with Crippen LogP contribution in [0.2, 0.25) is 0 Å². The number of likely N-dealkylation sites (N-methyl/N-ethyl adjacent to an activating group) is 1. The molecule has 0 saturated heterocycles. The van der Waals surface area contributed by atoms with Crippen LogP contribution in [-0.2, 0) is 0 Å². The summed E-state index contributed by atoms with van der Waals surface area (Å²) in [5.74, 6) is 0.805. The van der Waals surface area contributed by atoms with Crippen molar-refractivity contribution in [1.29, 1.82) is 0 Å². The number of ether oxygens (including phenoxy) is 2. The molecule has 0 bridgehead atoms. The first-order chi connectivity index (χ1) is 8.63. The first kappa shape index (κ1) is 14.3. The zero-order valence-corrected chi connectivity index (χ0v) is 11.2. The van der Waals surface area contributed by atoms with Crippen molar-refractivity contribution in [3.63, 3.8) is 0 Å². The monoisotopic (exact) mass is 252 g/mol. The van der Waals surface area contributed by atoms with Gasteiger partial charge in [-0.2, -0.15) is 0 Å². The van der Waals surface area contributed by atoms with Gasteiger partial charge in [-0.15, -0.1) is 0 Å². The predicted octanol–water partition coefficient (Wildman–Crippen LogP) is 1.04. The lowest BCUT2D eigenvalue weighted by atomic mass is 10.1. The van der Waals surface area contributed by atoms with Crippen LogP contribution >= 0.6 is 0 Å². The fourth-order valence-electron chi connectivity index (χ4n) is 1.51. The Morgan fingerprint density at radius 1 is 1.28 bits per heavy atom. The molecule has 1 rings (SSSR count). The van der Waals surface area contributed by atoms with E-state index in [1.54, 1.807) is 18.2 Å². The number of nitrogens with one attached hydrogen (secondary N) is 2. The van der Waals surface area contributed by atoms with Crippen LogP contribution in [0.1, 0.15) is 17.3 Å². The largest absolute Gasteiger partial charge is 0.496 e. The van der Waals surface area contributed by atoms with Gasteiger partial charge in [0, 0.05) is 12.6 Å². The third-order valence-corrected chi connectivity index (χ3v) is 2.72. The molecule has 0 heterocycles. The van der Waals surface area contributed by atoms with Crippen LogP contribution in [0, 0.1) is 0 Å². The molecule has 0 fully saturated rings. The van der Waals surface area contributed by atoms with Crippen molar-refractivity contribution in [1.82, 2.24) is 10.6 Å². The molecule has 5 heteroatoms. The zero-order chi connectivity index (χ0) is 13.5. The molecular formula is C13H20N2O3. The quantitative estimate of drug-likeness (QED) is 0.794. The van der Waals surface area contributed by atoms with Crippen molar-refractivity contribution in [3.05, 3.63) is 23.8 Å². The van der Waals surface area contributed by atoms with Gasteiger partial charge in [0.05, 0.1) is 14.2 Å². The van der Waals surface area contributed by atoms with Crippen molar-refractivity contribution < 1.29 is 14.3 Å². The van der Waals surface area contributed by atoms with Crippen molar-refractivity contribution in [2.45, 2.75) is 13.0 Å². The molecule has 1 aromatic rings. The third kappa shape index (κ3) is 3.37. The van der Waals surface area contributed by atoms with Crippen molar-refractivity contribution >= 4 is 5.91 Å². The molecular weight excluding hydrogens is 232 g/mol. The fraction of sp³-hybridized carbons (Fsp3) is 0.462. The number of methoxy groups -OCH3 is 2. The van der Waals surface area contributed by atoms with E-state index in [1.165, 1.54) is 14.2 Å². The van der Waals surface area contributed by atoms with Gasteiger partial charge in [0.15, 0.2) is 0 Å². The number of amides is 1. The third-order valence-electron chi connectivity index (χ3n) is 2.72. The Labute approximate surface area is 107 Å². The molecule has 0 aromatic heterocycles. The minimum absolute atomic E-state index is 0.202. The molecule has 100 valence electrons. The lowest BCUT2D eigenvalue weighted by Gasteiger charge is -2.15. The SMILES string of the molecule is CNC(C)CNC(=O)c1c(OC)cccc1OC. The van der Waals surface area contributed by atoms with Gasteiger partial charge in [0.1, 0.15) is 17.1 Å². The maximum Gasteiger partial charge on any atom is 0.258 e. The van der Waals surface area contributed by atoms with E-state index >= 15 is 0 Å². The molecule has 1 unspecified atom stereocenters. The molecule has 1 atom stereocenters. The van der Waals surface area contributed by atoms with Crippen LogP contribution in [0.3, 0.4) is 0 Å². The molecule has 0 aliphatic rings. The first-order valence-electron chi connectivity index (χ1n) is 5.80. The summed E-state index contributed by atoms with van der Waals surface area (Å²) in [5.41, 5.74) is 0.422. The predicted molar refractivity (Wildman–Crippen MR) is 70.4 cm³/mol. The molecule has 1 amide bonds. The zero-order valence-electron chi connectivity index (χ0n) is 11.2. The number of hydrogen-bond donors (Lipinski definition) is 2. The number of rotatable bonds is 6. The van der Waals surface area contributed by atoms with Gasteiger partial charge >= 0.3 is 0 Å². The number of carbonyl (C=O) groups excluding carboxylic acids is 1. The summed E-state index contributed by atoms with van der Waals surface area (Å²) < 4.78 is 10.4. The Kier molecular flexibility index (Phi) is 5.45. The topological polar surface area (TPSA) is 59.6 Å². The maximum absolute atomic E-state index is 12.1. The highest BCUT2D eigenvalue weighted by Crippen LogP contribution is 2.27. The smallest absolute Gasteiger partial charge is 0.258 e. The lowest BCUT2D eigenvalue weighted by molar-refractivity contribution is 0.0944. The number of benzene rings is 1. The summed E-state index contributed by atoms with van der Waals surface area (Å²) in [4.78, 5) is 12.1. The van der Waals surface area contributed by atoms with Crippen molar-refractivity contribution in [2.24, 2.45) is 0 Å². The summed E-state index contributed by atoms with van der Waals surface area (Å²) >= 11 is 0. The Morgan fingerprint density at radius 2 is 1.83 bits per heavy atom. The van der Waals surface area contributed by atoms with Crippen molar-refractivity contribution in [2.75, 3.05) is 27.8 Å². The van der Waals surface area contributed by atoms with E-state index in [0.29, 0.717) is 23.6 Å². The normalized spacial score (nSPS) is 11.8. The van der Waals surface area contributed by atoms with Crippen LogP contribution in [0.4, 0.5) is 0 Å². The van der Waals surface area contributed by atoms with Crippen LogP contribution < -0.4 is 20.1 Å². The summed E-state index contributed by atoms with van der Waals surface area (Å²) in [7, 11) is 4.91. The molecule has 2 N–H and O–H groups in total. The molecule has 0 saturated carbocycles. The molecule has 1 aromatic carbocycles. The number of hydrogen-bond acceptors (Lipinski definition) is 4. The highest BCUT2D eigenvalue weighted by atomic mass is 16.5. The summed E-state index contributed by atoms with van der Waals surface area (Å²) in [6.07, 6.45) is 0. The van der Waals surface area contributed by atoms with E-state index in [4.69, 9.17) is 9.47 Å². The van der Waals surface area contributed by atoms with E-state index in [1.807, 2.05) is 14.0 Å². The van der Waals surface area contributed by atoms with E-state index in [0.717, 1.165) is 0 Å². The molecule has 0 aliphatic heterocycles. The van der Waals surface area contributed by atoms with Gasteiger partial charge in [-0.3, -0.25) is 4.79 Å². The molecule has 0 spiro atoms. The summed E-state index contributed by atoms with van der Waals surface area (Å²) in [6, 6.07) is 5.46. The van der Waals surface area contributed by atoms with Crippen LogP contribution in [-0.4, -0.2) is 39.8 Å². The van der Waals surface area contributed by atoms with Gasteiger partial charge in [-0.25, -0.2) is 0 Å². The van der Waals surface area contributed by atoms with Gasteiger partial charge in [-0.05, 0) is 26.1 Å². The van der Waals surface area contributed by atoms with E-state index in [9.17, 15) is 4.79 Å². The summed E-state index contributed by atoms with van der Waals surface area (Å²) in [6.45, 7) is 2.52. The Balaban J connectivity index is 2.89. The Morgan fingerprint density at radius 3 is 2.28 bits per heavy atom. The molecule has 0 radical (unpaired) electrons. The second kappa shape index (κ2) is 6.86. The fourth-order valence-corrected chi connectivity index (χ4v) is 1.51. The van der Waals surface area contributed by atoms with Crippen molar-refractivity contribution in [3.8, 4) is 11.5 Å². The van der Waals surface area contributed by atoms with Crippen LogP contribution in [0.5, 0.6) is 11.5 Å². The maximum atomic E-state index is 12.1. The van der Waals surface area contributed by atoms with E-state index < -0.39 is 0 Å². The van der Waals surface area contributed by atoms with Gasteiger partial charge < -0.3 is 20.1 Å². The lowest BCUT2D eigenvalue weighted by Crippen LogP contribution is -2.37. The number of carbonyl (C=O) groups is 1. The average molecular weight is 252 g/mol. The highest BCUT2D eigenvalue weighted by Gasteiger charge is 2.18. The second-order valence-electron chi connectivity index (χ2n) is 3.94. The highest BCUT2D eigenvalue weighted by molar-refractivity contribution is 5.99. The molecule has 18 heavy (non-hydrogen) atoms. The second-order valence-corrected chi connectivity index (χ2v) is 3.94. The molecule has 0 aliphatic carbocycles. The van der Waals surface area contributed by atoms with Crippen LogP contribution in [0.15, 0.2) is 18.2 Å². The van der Waals surface area contributed by atoms with E-state index in [-0.39, 0.29) is 11.9 Å². The van der Waals surface area contributed by atoms with Gasteiger partial charge in [-0.1, -0.05) is 6.07 Å². The minimum Gasteiger partial charge on any atom is -0.496 e. The molecule has 5 nitrogen and oxygen atoms in total.